The van der Waals surface area contributed by atoms with Gasteiger partial charge < -0.3 is 20.5 Å². The van der Waals surface area contributed by atoms with Gasteiger partial charge in [-0.3, -0.25) is 4.98 Å². The van der Waals surface area contributed by atoms with Crippen molar-refractivity contribution in [2.45, 2.75) is 38.9 Å². The van der Waals surface area contributed by atoms with Crippen molar-refractivity contribution in [1.29, 1.82) is 0 Å². The predicted molar refractivity (Wildman–Crippen MR) is 91.5 cm³/mol. The van der Waals surface area contributed by atoms with Gasteiger partial charge in [-0.1, -0.05) is 11.3 Å². The number of aromatic nitrogens is 4. The van der Waals surface area contributed by atoms with Gasteiger partial charge in [0, 0.05) is 25.5 Å². The summed E-state index contributed by atoms with van der Waals surface area (Å²) in [4.78, 5) is 24.7. The van der Waals surface area contributed by atoms with Gasteiger partial charge in [0.2, 0.25) is 0 Å². The highest BCUT2D eigenvalue weighted by atomic mass is 19.4. The van der Waals surface area contributed by atoms with Gasteiger partial charge in [-0.05, 0) is 18.6 Å². The summed E-state index contributed by atoms with van der Waals surface area (Å²) in [6.07, 6.45) is -1.76. The lowest BCUT2D eigenvalue weighted by molar-refractivity contribution is -0.192. The molecule has 0 radical (unpaired) electrons. The highest BCUT2D eigenvalue weighted by Crippen LogP contribution is 2.14. The summed E-state index contributed by atoms with van der Waals surface area (Å²) < 4.78 is 39.3. The van der Waals surface area contributed by atoms with Crippen LogP contribution in [0.4, 0.5) is 18.0 Å². The average molecular weight is 416 g/mol. The molecular weight excluding hydrogens is 397 g/mol. The van der Waals surface area contributed by atoms with Gasteiger partial charge in [-0.25, -0.2) is 14.3 Å². The van der Waals surface area contributed by atoms with Crippen LogP contribution in [-0.4, -0.2) is 55.9 Å². The maximum absolute atomic E-state index is 11.8. The summed E-state index contributed by atoms with van der Waals surface area (Å²) >= 11 is 0. The molecule has 158 valence electrons. The maximum atomic E-state index is 11.8. The third-order valence-electron chi connectivity index (χ3n) is 3.77. The third-order valence-corrected chi connectivity index (χ3v) is 3.77. The van der Waals surface area contributed by atoms with Crippen molar-refractivity contribution >= 4 is 12.0 Å². The highest BCUT2D eigenvalue weighted by Gasteiger charge is 2.38. The molecule has 1 aliphatic rings. The summed E-state index contributed by atoms with van der Waals surface area (Å²) in [6.45, 7) is 3.85. The Balaban J connectivity index is 0.000000370. The van der Waals surface area contributed by atoms with Crippen molar-refractivity contribution in [3.8, 4) is 0 Å². The molecule has 3 heterocycles. The van der Waals surface area contributed by atoms with E-state index in [0.29, 0.717) is 26.2 Å². The molecule has 0 fully saturated rings. The molecule has 2 aromatic heterocycles. The number of carboxylic acid groups (broad SMARTS) is 1. The quantitative estimate of drug-likeness (QED) is 0.678. The molecule has 1 atom stereocenters. The molecule has 0 aliphatic carbocycles. The molecule has 0 saturated heterocycles. The fraction of sp³-hybridized carbons (Fsp3) is 0.438. The minimum absolute atomic E-state index is 0.0993. The van der Waals surface area contributed by atoms with Gasteiger partial charge in [-0.2, -0.15) is 13.2 Å². The standard InChI is InChI=1S/C14H18N6O2.C2HF3O2/c1-10-13-9-22-12(8-20(13)19-18-10)7-17-14(21)16-6-11-3-2-4-15-5-11;3-2(4,5)1(6)7/h2-5,12H,6-9H2,1H3,(H2,16,17,21);(H,6,7). The van der Waals surface area contributed by atoms with E-state index in [1.54, 1.807) is 12.4 Å². The first kappa shape index (κ1) is 22.1. The van der Waals surface area contributed by atoms with Crippen LogP contribution in [0.15, 0.2) is 24.5 Å². The van der Waals surface area contributed by atoms with E-state index in [1.807, 2.05) is 23.7 Å². The van der Waals surface area contributed by atoms with Gasteiger partial charge in [0.05, 0.1) is 30.6 Å². The van der Waals surface area contributed by atoms with Gasteiger partial charge in [0.15, 0.2) is 0 Å². The van der Waals surface area contributed by atoms with E-state index >= 15 is 0 Å². The maximum Gasteiger partial charge on any atom is 0.490 e. The summed E-state index contributed by atoms with van der Waals surface area (Å²) in [6, 6.07) is 3.52. The zero-order chi connectivity index (χ0) is 21.4. The monoisotopic (exact) mass is 416 g/mol. The number of fused-ring (bicyclic) bond motifs is 1. The SMILES string of the molecule is Cc1nnn2c1COC(CNC(=O)NCc1cccnc1)C2.O=C(O)C(F)(F)F. The Hall–Kier alpha value is -3.22. The molecular formula is C16H19F3N6O4. The Morgan fingerprint density at radius 1 is 1.38 bits per heavy atom. The van der Waals surface area contributed by atoms with Gasteiger partial charge in [0.1, 0.15) is 0 Å². The second-order valence-corrected chi connectivity index (χ2v) is 5.96. The van der Waals surface area contributed by atoms with Crippen LogP contribution in [0.3, 0.4) is 0 Å². The van der Waals surface area contributed by atoms with Crippen molar-refractivity contribution in [3.05, 3.63) is 41.5 Å². The molecule has 29 heavy (non-hydrogen) atoms. The molecule has 2 aromatic rings. The van der Waals surface area contributed by atoms with E-state index in [0.717, 1.165) is 17.0 Å². The molecule has 0 bridgehead atoms. The summed E-state index contributed by atoms with van der Waals surface area (Å²) in [5.74, 6) is -2.76. The molecule has 3 rings (SSSR count). The number of hydrogen-bond acceptors (Lipinski definition) is 6. The second kappa shape index (κ2) is 9.82. The minimum Gasteiger partial charge on any atom is -0.475 e. The van der Waals surface area contributed by atoms with Crippen molar-refractivity contribution in [2.75, 3.05) is 6.54 Å². The Labute approximate surface area is 163 Å². The first-order valence-corrected chi connectivity index (χ1v) is 8.38. The molecule has 2 amide bonds. The third kappa shape index (κ3) is 7.03. The van der Waals surface area contributed by atoms with Crippen LogP contribution in [0, 0.1) is 6.92 Å². The number of halogens is 3. The molecule has 3 N–H and O–H groups in total. The van der Waals surface area contributed by atoms with Crippen molar-refractivity contribution in [3.63, 3.8) is 0 Å². The van der Waals surface area contributed by atoms with E-state index in [-0.39, 0.29) is 12.1 Å². The zero-order valence-corrected chi connectivity index (χ0v) is 15.3. The molecule has 13 heteroatoms. The van der Waals surface area contributed by atoms with E-state index in [9.17, 15) is 18.0 Å². The lowest BCUT2D eigenvalue weighted by Gasteiger charge is -2.24. The van der Waals surface area contributed by atoms with E-state index in [4.69, 9.17) is 14.6 Å². The zero-order valence-electron chi connectivity index (χ0n) is 15.3. The number of urea groups is 1. The Kier molecular flexibility index (Phi) is 7.47. The normalized spacial score (nSPS) is 15.5. The molecule has 0 spiro atoms. The number of aliphatic carboxylic acids is 1. The van der Waals surface area contributed by atoms with Crippen LogP contribution in [0.2, 0.25) is 0 Å². The van der Waals surface area contributed by atoms with Crippen LogP contribution >= 0.6 is 0 Å². The summed E-state index contributed by atoms with van der Waals surface area (Å²) in [5.41, 5.74) is 2.84. The van der Waals surface area contributed by atoms with Gasteiger partial charge >= 0.3 is 18.2 Å². The smallest absolute Gasteiger partial charge is 0.475 e. The largest absolute Gasteiger partial charge is 0.490 e. The van der Waals surface area contributed by atoms with Crippen molar-refractivity contribution in [1.82, 2.24) is 30.6 Å². The van der Waals surface area contributed by atoms with Crippen molar-refractivity contribution < 1.29 is 32.6 Å². The van der Waals surface area contributed by atoms with Crippen LogP contribution in [0.1, 0.15) is 17.0 Å². The second-order valence-electron chi connectivity index (χ2n) is 5.96. The Bertz CT molecular complexity index is 828. The number of hydrogen-bond donors (Lipinski definition) is 3. The molecule has 0 saturated carbocycles. The van der Waals surface area contributed by atoms with Crippen LogP contribution in [0.25, 0.3) is 0 Å². The van der Waals surface area contributed by atoms with E-state index < -0.39 is 12.1 Å². The Morgan fingerprint density at radius 3 is 2.72 bits per heavy atom. The summed E-state index contributed by atoms with van der Waals surface area (Å²) in [5, 5.41) is 20.8. The molecule has 1 aliphatic heterocycles. The van der Waals surface area contributed by atoms with Gasteiger partial charge in [-0.15, -0.1) is 5.10 Å². The van der Waals surface area contributed by atoms with Crippen molar-refractivity contribution in [2.24, 2.45) is 0 Å². The fourth-order valence-corrected chi connectivity index (χ4v) is 2.27. The number of carbonyl (C=O) groups is 2. The number of carboxylic acids is 1. The highest BCUT2D eigenvalue weighted by molar-refractivity contribution is 5.73. The lowest BCUT2D eigenvalue weighted by atomic mass is 10.2. The number of aryl methyl sites for hydroxylation is 1. The number of nitrogens with one attached hydrogen (secondary N) is 2. The number of nitrogens with zero attached hydrogens (tertiary/aromatic N) is 4. The number of carbonyl (C=O) groups excluding carboxylic acids is 1. The van der Waals surface area contributed by atoms with Gasteiger partial charge in [0.25, 0.3) is 0 Å². The Morgan fingerprint density at radius 2 is 2.10 bits per heavy atom. The average Bonchev–Trinajstić information content (AvgIpc) is 3.05. The first-order valence-electron chi connectivity index (χ1n) is 8.38. The van der Waals surface area contributed by atoms with E-state index in [1.165, 1.54) is 0 Å². The number of amides is 2. The number of alkyl halides is 3. The number of ether oxygens (including phenoxy) is 1. The minimum atomic E-state index is -5.08. The molecule has 1 unspecified atom stereocenters. The fourth-order valence-electron chi connectivity index (χ4n) is 2.27. The van der Waals surface area contributed by atoms with Crippen LogP contribution in [0.5, 0.6) is 0 Å². The molecule has 10 nitrogen and oxygen atoms in total. The molecule has 0 aromatic carbocycles. The summed E-state index contributed by atoms with van der Waals surface area (Å²) in [7, 11) is 0. The lowest BCUT2D eigenvalue weighted by Crippen LogP contribution is -2.43. The van der Waals surface area contributed by atoms with Crippen LogP contribution in [-0.2, 0) is 29.2 Å². The predicted octanol–water partition coefficient (Wildman–Crippen LogP) is 1.01. The number of pyridine rings is 1. The first-order chi connectivity index (χ1) is 13.7. The van der Waals surface area contributed by atoms with E-state index in [2.05, 4.69) is 25.9 Å². The topological polar surface area (TPSA) is 131 Å². The number of rotatable bonds is 4. The van der Waals surface area contributed by atoms with Crippen LogP contribution < -0.4 is 10.6 Å².